The molecule has 0 aliphatic heterocycles. The van der Waals surface area contributed by atoms with E-state index in [4.69, 9.17) is 5.41 Å². The Balaban J connectivity index is 3.02. The van der Waals surface area contributed by atoms with Crippen LogP contribution in [-0.4, -0.2) is 11.7 Å². The monoisotopic (exact) mass is 123 g/mol. The van der Waals surface area contributed by atoms with Gasteiger partial charge in [-0.2, -0.15) is 0 Å². The number of aromatic nitrogens is 1. The first-order valence-electron chi connectivity index (χ1n) is 2.73. The van der Waals surface area contributed by atoms with E-state index in [-0.39, 0.29) is 0 Å². The Bertz CT molecular complexity index is 218. The fourth-order valence-electron chi connectivity index (χ4n) is 0.576. The lowest BCUT2D eigenvalue weighted by Crippen LogP contribution is -2.10. The van der Waals surface area contributed by atoms with Crippen molar-refractivity contribution >= 4 is 0 Å². The third-order valence-corrected chi connectivity index (χ3v) is 1.09. The van der Waals surface area contributed by atoms with Crippen LogP contribution in [0.2, 0.25) is 0 Å². The Labute approximate surface area is 53.4 Å². The Morgan fingerprint density at radius 3 is 2.44 bits per heavy atom. The SMILES string of the molecule is CNn1ccc(=N)cc1. The molecule has 1 heterocycles. The molecule has 0 radical (unpaired) electrons. The van der Waals surface area contributed by atoms with Crippen molar-refractivity contribution in [3.8, 4) is 0 Å². The largest absolute Gasteiger partial charge is 0.330 e. The molecule has 0 saturated carbocycles. The van der Waals surface area contributed by atoms with E-state index in [1.54, 1.807) is 29.2 Å². The van der Waals surface area contributed by atoms with Gasteiger partial charge in [-0.15, -0.1) is 0 Å². The molecule has 1 aromatic heterocycles. The lowest BCUT2D eigenvalue weighted by atomic mass is 10.5. The molecule has 2 N–H and O–H groups in total. The van der Waals surface area contributed by atoms with E-state index in [1.165, 1.54) is 0 Å². The average Bonchev–Trinajstić information content (AvgIpc) is 1.90. The van der Waals surface area contributed by atoms with Crippen LogP contribution in [0.5, 0.6) is 0 Å². The highest BCUT2D eigenvalue weighted by atomic mass is 15.4. The van der Waals surface area contributed by atoms with Crippen molar-refractivity contribution in [3.05, 3.63) is 29.9 Å². The van der Waals surface area contributed by atoms with Crippen LogP contribution in [0.15, 0.2) is 24.5 Å². The second-order valence-corrected chi connectivity index (χ2v) is 1.72. The van der Waals surface area contributed by atoms with Crippen molar-refractivity contribution in [3.63, 3.8) is 0 Å². The molecule has 0 aromatic carbocycles. The maximum Gasteiger partial charge on any atom is 0.0570 e. The van der Waals surface area contributed by atoms with Crippen LogP contribution < -0.4 is 10.8 Å². The molecular formula is C6H9N3. The van der Waals surface area contributed by atoms with Crippen molar-refractivity contribution in [1.82, 2.24) is 4.68 Å². The normalized spacial score (nSPS) is 9.00. The third kappa shape index (κ3) is 1.32. The van der Waals surface area contributed by atoms with Crippen molar-refractivity contribution in [2.45, 2.75) is 0 Å². The van der Waals surface area contributed by atoms with Gasteiger partial charge in [-0.1, -0.05) is 0 Å². The van der Waals surface area contributed by atoms with E-state index in [2.05, 4.69) is 5.43 Å². The third-order valence-electron chi connectivity index (χ3n) is 1.09. The van der Waals surface area contributed by atoms with Gasteiger partial charge in [0.1, 0.15) is 0 Å². The molecule has 0 fully saturated rings. The first kappa shape index (κ1) is 5.88. The fourth-order valence-corrected chi connectivity index (χ4v) is 0.576. The van der Waals surface area contributed by atoms with E-state index < -0.39 is 0 Å². The zero-order chi connectivity index (χ0) is 6.69. The zero-order valence-electron chi connectivity index (χ0n) is 5.26. The lowest BCUT2D eigenvalue weighted by Gasteiger charge is -2.01. The van der Waals surface area contributed by atoms with E-state index in [1.807, 2.05) is 7.05 Å². The Hall–Kier alpha value is -1.25. The minimum Gasteiger partial charge on any atom is -0.330 e. The van der Waals surface area contributed by atoms with Crippen LogP contribution in [0.4, 0.5) is 0 Å². The standard InChI is InChI=1S/C6H9N3/c1-8-9-4-2-6(7)3-5-9/h2-5,7-8H,1H3. The maximum absolute atomic E-state index is 7.13. The van der Waals surface area contributed by atoms with Gasteiger partial charge in [0.05, 0.1) is 5.36 Å². The molecule has 0 amide bonds. The number of nitrogens with zero attached hydrogens (tertiary/aromatic N) is 1. The van der Waals surface area contributed by atoms with Gasteiger partial charge in [-0.25, -0.2) is 0 Å². The highest BCUT2D eigenvalue weighted by molar-refractivity contribution is 4.92. The first-order valence-corrected chi connectivity index (χ1v) is 2.73. The molecular weight excluding hydrogens is 114 g/mol. The highest BCUT2D eigenvalue weighted by Crippen LogP contribution is 1.74. The number of rotatable bonds is 1. The molecule has 1 aromatic rings. The molecule has 0 saturated heterocycles. The zero-order valence-corrected chi connectivity index (χ0v) is 5.26. The number of pyridine rings is 1. The van der Waals surface area contributed by atoms with Crippen molar-refractivity contribution in [1.29, 1.82) is 5.41 Å². The summed E-state index contributed by atoms with van der Waals surface area (Å²) in [5.74, 6) is 0. The fraction of sp³-hybridized carbons (Fsp3) is 0.167. The minimum atomic E-state index is 0.529. The van der Waals surface area contributed by atoms with Crippen LogP contribution in [0, 0.1) is 5.41 Å². The molecule has 1 rings (SSSR count). The molecule has 0 spiro atoms. The summed E-state index contributed by atoms with van der Waals surface area (Å²) in [6, 6.07) is 3.44. The molecule has 0 bridgehead atoms. The van der Waals surface area contributed by atoms with E-state index in [0.29, 0.717) is 5.36 Å². The summed E-state index contributed by atoms with van der Waals surface area (Å²) in [4.78, 5) is 0. The number of hydrogen-bond acceptors (Lipinski definition) is 2. The topological polar surface area (TPSA) is 40.8 Å². The molecule has 3 heteroatoms. The second kappa shape index (κ2) is 2.35. The van der Waals surface area contributed by atoms with Crippen LogP contribution in [0.25, 0.3) is 0 Å². The van der Waals surface area contributed by atoms with Gasteiger partial charge in [0, 0.05) is 19.4 Å². The maximum atomic E-state index is 7.13. The van der Waals surface area contributed by atoms with Gasteiger partial charge < -0.3 is 10.8 Å². The van der Waals surface area contributed by atoms with Crippen LogP contribution in [-0.2, 0) is 0 Å². The summed E-state index contributed by atoms with van der Waals surface area (Å²) in [6.07, 6.45) is 3.59. The van der Waals surface area contributed by atoms with Crippen molar-refractivity contribution < 1.29 is 0 Å². The van der Waals surface area contributed by atoms with Gasteiger partial charge in [-0.3, -0.25) is 4.68 Å². The van der Waals surface area contributed by atoms with Gasteiger partial charge >= 0.3 is 0 Å². The van der Waals surface area contributed by atoms with Crippen LogP contribution >= 0.6 is 0 Å². The van der Waals surface area contributed by atoms with Crippen molar-refractivity contribution in [2.24, 2.45) is 0 Å². The predicted molar refractivity (Wildman–Crippen MR) is 35.6 cm³/mol. The molecule has 9 heavy (non-hydrogen) atoms. The molecule has 0 unspecified atom stereocenters. The lowest BCUT2D eigenvalue weighted by molar-refractivity contribution is 0.905. The summed E-state index contributed by atoms with van der Waals surface area (Å²) in [5.41, 5.74) is 2.89. The smallest absolute Gasteiger partial charge is 0.0570 e. The summed E-state index contributed by atoms with van der Waals surface area (Å²) < 4.78 is 1.78. The van der Waals surface area contributed by atoms with Gasteiger partial charge in [-0.05, 0) is 12.1 Å². The Morgan fingerprint density at radius 2 is 2.00 bits per heavy atom. The summed E-state index contributed by atoms with van der Waals surface area (Å²) >= 11 is 0. The van der Waals surface area contributed by atoms with E-state index in [9.17, 15) is 0 Å². The average molecular weight is 123 g/mol. The highest BCUT2D eigenvalue weighted by Gasteiger charge is 1.77. The summed E-state index contributed by atoms with van der Waals surface area (Å²) in [7, 11) is 1.82. The quantitative estimate of drug-likeness (QED) is 0.548. The van der Waals surface area contributed by atoms with Crippen molar-refractivity contribution in [2.75, 3.05) is 12.5 Å². The van der Waals surface area contributed by atoms with Gasteiger partial charge in [0.2, 0.25) is 0 Å². The van der Waals surface area contributed by atoms with Crippen LogP contribution in [0.3, 0.4) is 0 Å². The second-order valence-electron chi connectivity index (χ2n) is 1.72. The predicted octanol–water partition coefficient (Wildman–Crippen LogP) is 0.141. The molecule has 48 valence electrons. The van der Waals surface area contributed by atoms with E-state index in [0.717, 1.165) is 0 Å². The first-order chi connectivity index (χ1) is 4.33. The van der Waals surface area contributed by atoms with E-state index >= 15 is 0 Å². The summed E-state index contributed by atoms with van der Waals surface area (Å²) in [6.45, 7) is 0. The molecule has 0 atom stereocenters. The summed E-state index contributed by atoms with van der Waals surface area (Å²) in [5, 5.41) is 7.65. The molecule has 0 aliphatic rings. The number of nitrogens with one attached hydrogen (secondary N) is 2. The minimum absolute atomic E-state index is 0.529. The van der Waals surface area contributed by atoms with Crippen LogP contribution in [0.1, 0.15) is 0 Å². The Kier molecular flexibility index (Phi) is 1.53. The van der Waals surface area contributed by atoms with Gasteiger partial charge in [0.25, 0.3) is 0 Å². The Morgan fingerprint density at radius 1 is 1.44 bits per heavy atom. The van der Waals surface area contributed by atoms with Gasteiger partial charge in [0.15, 0.2) is 0 Å². The molecule has 0 aliphatic carbocycles. The number of hydrogen-bond donors (Lipinski definition) is 2. The molecule has 3 nitrogen and oxygen atoms in total.